The minimum atomic E-state index is -0.308. The maximum atomic E-state index is 11.6. The summed E-state index contributed by atoms with van der Waals surface area (Å²) in [7, 11) is 0. The maximum Gasteiger partial charge on any atom is 0.164 e. The maximum absolute atomic E-state index is 11.6. The number of Topliss-reactive ketones (excluding diaryl/α,β-unsaturated/α-hetero) is 1. The summed E-state index contributed by atoms with van der Waals surface area (Å²) in [6.45, 7) is 6.64. The zero-order valence-corrected chi connectivity index (χ0v) is 10.9. The van der Waals surface area contributed by atoms with Crippen molar-refractivity contribution in [3.8, 4) is 6.07 Å². The molecule has 1 heterocycles. The minimum absolute atomic E-state index is 0.200. The molecule has 3 nitrogen and oxygen atoms in total. The molecule has 0 N–H and O–H groups in total. The van der Waals surface area contributed by atoms with Gasteiger partial charge in [-0.15, -0.1) is 0 Å². The Morgan fingerprint density at radius 1 is 1.53 bits per heavy atom. The van der Waals surface area contributed by atoms with Gasteiger partial charge in [0.25, 0.3) is 0 Å². The fourth-order valence-corrected chi connectivity index (χ4v) is 1.58. The van der Waals surface area contributed by atoms with Gasteiger partial charge in [0, 0.05) is 30.9 Å². The van der Waals surface area contributed by atoms with Crippen molar-refractivity contribution in [2.24, 2.45) is 5.41 Å². The van der Waals surface area contributed by atoms with Crippen molar-refractivity contribution in [3.63, 3.8) is 0 Å². The second kappa shape index (κ2) is 5.67. The smallest absolute Gasteiger partial charge is 0.164 e. The fraction of sp³-hybridized carbons (Fsp3) is 0.571. The van der Waals surface area contributed by atoms with Crippen LogP contribution in [-0.4, -0.2) is 10.4 Å². The number of hydrogen-bond acceptors (Lipinski definition) is 2. The van der Waals surface area contributed by atoms with Crippen LogP contribution in [0, 0.1) is 16.7 Å². The van der Waals surface area contributed by atoms with E-state index in [4.69, 9.17) is 5.26 Å². The van der Waals surface area contributed by atoms with Gasteiger partial charge in [0.1, 0.15) is 0 Å². The highest BCUT2D eigenvalue weighted by Gasteiger charge is 2.16. The largest absolute Gasteiger partial charge is 0.353 e. The van der Waals surface area contributed by atoms with E-state index in [1.807, 2.05) is 43.8 Å². The van der Waals surface area contributed by atoms with Crippen LogP contribution in [-0.2, 0) is 6.54 Å². The van der Waals surface area contributed by atoms with Gasteiger partial charge in [-0.3, -0.25) is 4.79 Å². The molecule has 1 rings (SSSR count). The van der Waals surface area contributed by atoms with Crippen LogP contribution in [0.2, 0.25) is 0 Å². The van der Waals surface area contributed by atoms with Crippen molar-refractivity contribution >= 4 is 5.78 Å². The third-order valence-electron chi connectivity index (χ3n) is 2.85. The molecule has 0 aliphatic rings. The van der Waals surface area contributed by atoms with Crippen LogP contribution in [0.5, 0.6) is 0 Å². The van der Waals surface area contributed by atoms with Crippen molar-refractivity contribution in [1.82, 2.24) is 4.57 Å². The summed E-state index contributed by atoms with van der Waals surface area (Å²) in [6, 6.07) is 4.14. The molecule has 1 aromatic rings. The second-order valence-electron chi connectivity index (χ2n) is 5.06. The van der Waals surface area contributed by atoms with E-state index >= 15 is 0 Å². The summed E-state index contributed by atoms with van der Waals surface area (Å²) < 4.78 is 1.99. The third-order valence-corrected chi connectivity index (χ3v) is 2.85. The lowest BCUT2D eigenvalue weighted by Crippen LogP contribution is -2.11. The average molecular weight is 232 g/mol. The summed E-state index contributed by atoms with van der Waals surface area (Å²) in [4.78, 5) is 11.6. The third kappa shape index (κ3) is 4.07. The van der Waals surface area contributed by atoms with Gasteiger partial charge >= 0.3 is 0 Å². The molecule has 0 saturated carbocycles. The van der Waals surface area contributed by atoms with Gasteiger partial charge in [-0.2, -0.15) is 5.26 Å². The number of hydrogen-bond donors (Lipinski definition) is 0. The van der Waals surface area contributed by atoms with Crippen LogP contribution in [0.3, 0.4) is 0 Å². The first kappa shape index (κ1) is 13.5. The molecule has 3 heteroatoms. The van der Waals surface area contributed by atoms with E-state index < -0.39 is 0 Å². The zero-order chi connectivity index (χ0) is 12.9. The van der Waals surface area contributed by atoms with Crippen LogP contribution in [0.15, 0.2) is 18.5 Å². The molecule has 0 aliphatic carbocycles. The number of aromatic nitrogens is 1. The lowest BCUT2D eigenvalue weighted by Gasteiger charge is -2.14. The van der Waals surface area contributed by atoms with E-state index in [2.05, 4.69) is 6.07 Å². The summed E-state index contributed by atoms with van der Waals surface area (Å²) in [5.74, 6) is 0.200. The van der Waals surface area contributed by atoms with Crippen LogP contribution in [0.1, 0.15) is 50.4 Å². The van der Waals surface area contributed by atoms with Crippen LogP contribution >= 0.6 is 0 Å². The molecule has 92 valence electrons. The van der Waals surface area contributed by atoms with Crippen LogP contribution < -0.4 is 0 Å². The first-order valence-corrected chi connectivity index (χ1v) is 6.09. The van der Waals surface area contributed by atoms with Crippen LogP contribution in [0.25, 0.3) is 0 Å². The number of aryl methyl sites for hydroxylation is 1. The van der Waals surface area contributed by atoms with Gasteiger partial charge in [0.15, 0.2) is 5.78 Å². The van der Waals surface area contributed by atoms with Gasteiger partial charge < -0.3 is 4.57 Å². The monoisotopic (exact) mass is 232 g/mol. The Morgan fingerprint density at radius 3 is 2.82 bits per heavy atom. The standard InChI is InChI=1S/C14H20N2O/c1-4-5-13(17)12-6-8-16(10-12)9-7-14(2,3)11-15/h6,8,10H,4-5,7,9H2,1-3H3. The predicted molar refractivity (Wildman–Crippen MR) is 67.7 cm³/mol. The Labute approximate surface area is 103 Å². The number of carbonyl (C=O) groups excluding carboxylic acids is 1. The van der Waals surface area contributed by atoms with Gasteiger partial charge in [0.2, 0.25) is 0 Å². The average Bonchev–Trinajstić information content (AvgIpc) is 2.76. The molecule has 0 unspecified atom stereocenters. The van der Waals surface area contributed by atoms with Gasteiger partial charge in [0.05, 0.1) is 11.5 Å². The van der Waals surface area contributed by atoms with Gasteiger partial charge in [-0.05, 0) is 32.8 Å². The number of carbonyl (C=O) groups is 1. The quantitative estimate of drug-likeness (QED) is 0.705. The highest BCUT2D eigenvalue weighted by atomic mass is 16.1. The number of rotatable bonds is 6. The molecule has 0 radical (unpaired) electrons. The fourth-order valence-electron chi connectivity index (χ4n) is 1.58. The molecule has 0 spiro atoms. The highest BCUT2D eigenvalue weighted by Crippen LogP contribution is 2.19. The molecule has 17 heavy (non-hydrogen) atoms. The Balaban J connectivity index is 2.58. The zero-order valence-electron chi connectivity index (χ0n) is 10.9. The Morgan fingerprint density at radius 2 is 2.24 bits per heavy atom. The Bertz CT molecular complexity index is 424. The van der Waals surface area contributed by atoms with E-state index in [0.29, 0.717) is 6.42 Å². The van der Waals surface area contributed by atoms with Crippen molar-refractivity contribution < 1.29 is 4.79 Å². The first-order chi connectivity index (χ1) is 7.98. The molecule has 0 saturated heterocycles. The molecule has 0 bridgehead atoms. The molecular weight excluding hydrogens is 212 g/mol. The topological polar surface area (TPSA) is 45.8 Å². The minimum Gasteiger partial charge on any atom is -0.353 e. The number of nitriles is 1. The summed E-state index contributed by atoms with van der Waals surface area (Å²) in [5.41, 5.74) is 0.472. The van der Waals surface area contributed by atoms with Crippen molar-refractivity contribution in [2.45, 2.75) is 46.6 Å². The first-order valence-electron chi connectivity index (χ1n) is 6.09. The molecule has 0 aliphatic heterocycles. The predicted octanol–water partition coefficient (Wildman–Crippen LogP) is 3.41. The van der Waals surface area contributed by atoms with E-state index in [9.17, 15) is 4.79 Å². The molecule has 0 fully saturated rings. The summed E-state index contributed by atoms with van der Waals surface area (Å²) >= 11 is 0. The molecule has 0 amide bonds. The Kier molecular flexibility index (Phi) is 4.51. The molecule has 0 atom stereocenters. The van der Waals surface area contributed by atoms with E-state index in [1.165, 1.54) is 0 Å². The SMILES string of the molecule is CCCC(=O)c1ccn(CCC(C)(C)C#N)c1. The molecule has 0 aromatic carbocycles. The van der Waals surface area contributed by atoms with Crippen molar-refractivity contribution in [2.75, 3.05) is 0 Å². The highest BCUT2D eigenvalue weighted by molar-refractivity contribution is 5.95. The summed E-state index contributed by atoms with van der Waals surface area (Å²) in [6.07, 6.45) is 6.07. The summed E-state index contributed by atoms with van der Waals surface area (Å²) in [5, 5.41) is 8.92. The second-order valence-corrected chi connectivity index (χ2v) is 5.06. The number of nitrogens with zero attached hydrogens (tertiary/aromatic N) is 2. The van der Waals surface area contributed by atoms with E-state index in [-0.39, 0.29) is 11.2 Å². The van der Waals surface area contributed by atoms with Crippen molar-refractivity contribution in [1.29, 1.82) is 5.26 Å². The lowest BCUT2D eigenvalue weighted by atomic mass is 9.91. The number of ketones is 1. The van der Waals surface area contributed by atoms with Gasteiger partial charge in [-0.1, -0.05) is 6.92 Å². The van der Waals surface area contributed by atoms with E-state index in [1.54, 1.807) is 0 Å². The van der Waals surface area contributed by atoms with Crippen LogP contribution in [0.4, 0.5) is 0 Å². The Hall–Kier alpha value is -1.56. The molecular formula is C14H20N2O. The lowest BCUT2D eigenvalue weighted by molar-refractivity contribution is 0.0981. The van der Waals surface area contributed by atoms with Crippen molar-refractivity contribution in [3.05, 3.63) is 24.0 Å². The van der Waals surface area contributed by atoms with Gasteiger partial charge in [-0.25, -0.2) is 0 Å². The normalized spacial score (nSPS) is 11.2. The molecule has 1 aromatic heterocycles. The van der Waals surface area contributed by atoms with E-state index in [0.717, 1.165) is 24.9 Å².